The molecule has 1 heterocycles. The van der Waals surface area contributed by atoms with Crippen LogP contribution in [0.5, 0.6) is 0 Å². The fraction of sp³-hybridized carbons (Fsp3) is 0.556. The van der Waals surface area contributed by atoms with E-state index in [0.717, 1.165) is 24.8 Å². The van der Waals surface area contributed by atoms with Crippen molar-refractivity contribution in [3.05, 3.63) is 59.7 Å². The molecule has 0 aromatic heterocycles. The maximum absolute atomic E-state index is 12.8. The van der Waals surface area contributed by atoms with Gasteiger partial charge in [-0.2, -0.15) is 0 Å². The predicted octanol–water partition coefficient (Wildman–Crippen LogP) is 4.39. The molecule has 0 radical (unpaired) electrons. The average Bonchev–Trinajstić information content (AvgIpc) is 2.73. The molecule has 1 aromatic rings. The third-order valence-corrected chi connectivity index (χ3v) is 7.13. The molecule has 1 aliphatic heterocycles. The minimum atomic E-state index is -0.609. The maximum atomic E-state index is 12.8. The Balaban J connectivity index is 1.46. The lowest BCUT2D eigenvalue weighted by atomic mass is 9.65. The highest BCUT2D eigenvalue weighted by atomic mass is 16.5. The number of hydrogen-bond donors (Lipinski definition) is 1. The van der Waals surface area contributed by atoms with Crippen LogP contribution in [0.25, 0.3) is 0 Å². The number of ether oxygens (including phenoxy) is 2. The summed E-state index contributed by atoms with van der Waals surface area (Å²) < 4.78 is 11.6. The van der Waals surface area contributed by atoms with Crippen LogP contribution in [0.3, 0.4) is 0 Å². The van der Waals surface area contributed by atoms with Crippen LogP contribution in [0.2, 0.25) is 0 Å². The van der Waals surface area contributed by atoms with Crippen molar-refractivity contribution in [2.75, 3.05) is 0 Å². The lowest BCUT2D eigenvalue weighted by molar-refractivity contribution is -0.161. The summed E-state index contributed by atoms with van der Waals surface area (Å²) in [5.74, 6) is 0.639. The minimum Gasteiger partial charge on any atom is -0.462 e. The molecule has 0 spiro atoms. The number of carbonyl (C=O) groups excluding carboxylic acids is 2. The monoisotopic (exact) mass is 438 g/mol. The fourth-order valence-electron chi connectivity index (χ4n) is 5.61. The van der Waals surface area contributed by atoms with Crippen molar-refractivity contribution in [1.29, 1.82) is 0 Å². The van der Waals surface area contributed by atoms with Crippen LogP contribution in [0.4, 0.5) is 0 Å². The molecule has 1 N–H and O–H groups in total. The van der Waals surface area contributed by atoms with Gasteiger partial charge in [0, 0.05) is 12.3 Å². The zero-order valence-electron chi connectivity index (χ0n) is 19.0. The molecule has 5 nitrogen and oxygen atoms in total. The van der Waals surface area contributed by atoms with E-state index in [-0.39, 0.29) is 42.9 Å². The van der Waals surface area contributed by atoms with E-state index >= 15 is 0 Å². The van der Waals surface area contributed by atoms with Crippen molar-refractivity contribution in [3.8, 4) is 0 Å². The third-order valence-electron chi connectivity index (χ3n) is 7.13. The molecule has 1 fully saturated rings. The first-order chi connectivity index (χ1) is 15.4. The highest BCUT2D eigenvalue weighted by molar-refractivity contribution is 5.73. The first kappa shape index (κ1) is 22.8. The van der Waals surface area contributed by atoms with Gasteiger partial charge in [0.05, 0.1) is 18.9 Å². The van der Waals surface area contributed by atoms with Gasteiger partial charge in [-0.3, -0.25) is 9.59 Å². The number of hydrogen-bond acceptors (Lipinski definition) is 5. The van der Waals surface area contributed by atoms with Crippen LogP contribution >= 0.6 is 0 Å². The van der Waals surface area contributed by atoms with Crippen LogP contribution in [0.15, 0.2) is 54.1 Å². The second kappa shape index (κ2) is 10.0. The number of carbonyl (C=O) groups is 2. The van der Waals surface area contributed by atoms with Gasteiger partial charge in [-0.05, 0) is 48.2 Å². The van der Waals surface area contributed by atoms with Gasteiger partial charge in [0.2, 0.25) is 0 Å². The maximum Gasteiger partial charge on any atom is 0.310 e. The molecule has 7 atom stereocenters. The zero-order chi connectivity index (χ0) is 22.7. The van der Waals surface area contributed by atoms with Crippen molar-refractivity contribution < 1.29 is 24.2 Å². The SMILES string of the molecule is C[C@H]1C=C2C=C[C@H](C)[C@H](CCC3C[C@@H](O)CC(=O)O3)C2[C@@H](OC(=O)Cc2ccccc2)C1. The van der Waals surface area contributed by atoms with Gasteiger partial charge < -0.3 is 14.6 Å². The Bertz CT molecular complexity index is 873. The number of rotatable bonds is 6. The van der Waals surface area contributed by atoms with Crippen molar-refractivity contribution in [1.82, 2.24) is 0 Å². The van der Waals surface area contributed by atoms with Gasteiger partial charge in [-0.25, -0.2) is 0 Å². The summed E-state index contributed by atoms with van der Waals surface area (Å²) in [6, 6.07) is 9.71. The van der Waals surface area contributed by atoms with Crippen molar-refractivity contribution in [2.45, 2.75) is 70.7 Å². The fourth-order valence-corrected chi connectivity index (χ4v) is 5.61. The Hall–Kier alpha value is -2.40. The second-order valence-electron chi connectivity index (χ2n) is 9.76. The van der Waals surface area contributed by atoms with E-state index in [0.29, 0.717) is 24.2 Å². The quantitative estimate of drug-likeness (QED) is 0.667. The minimum absolute atomic E-state index is 0.0892. The number of allylic oxidation sites excluding steroid dienone is 3. The van der Waals surface area contributed by atoms with Crippen LogP contribution in [0, 0.1) is 23.7 Å². The number of aliphatic hydroxyl groups excluding tert-OH is 1. The van der Waals surface area contributed by atoms with Gasteiger partial charge >= 0.3 is 11.9 Å². The summed E-state index contributed by atoms with van der Waals surface area (Å²) in [5, 5.41) is 9.94. The second-order valence-corrected chi connectivity index (χ2v) is 9.76. The average molecular weight is 439 g/mol. The Morgan fingerprint density at radius 3 is 2.69 bits per heavy atom. The molecule has 5 heteroatoms. The first-order valence-corrected chi connectivity index (χ1v) is 11.9. The molecule has 1 aromatic carbocycles. The van der Waals surface area contributed by atoms with Gasteiger partial charge in [0.25, 0.3) is 0 Å². The summed E-state index contributed by atoms with van der Waals surface area (Å²) in [6.07, 6.45) is 9.03. The van der Waals surface area contributed by atoms with E-state index in [1.807, 2.05) is 30.3 Å². The zero-order valence-corrected chi connectivity index (χ0v) is 19.0. The molecule has 2 unspecified atom stereocenters. The number of esters is 2. The van der Waals surface area contributed by atoms with Gasteiger partial charge in [0.1, 0.15) is 12.2 Å². The normalized spacial score (nSPS) is 34.3. The molecule has 3 aliphatic rings. The molecule has 0 bridgehead atoms. The van der Waals surface area contributed by atoms with Crippen molar-refractivity contribution >= 4 is 11.9 Å². The van der Waals surface area contributed by atoms with Crippen molar-refractivity contribution in [3.63, 3.8) is 0 Å². The molecule has 4 rings (SSSR count). The molecular formula is C27H34O5. The first-order valence-electron chi connectivity index (χ1n) is 11.9. The molecule has 1 saturated heterocycles. The van der Waals surface area contributed by atoms with E-state index in [1.165, 1.54) is 5.57 Å². The smallest absolute Gasteiger partial charge is 0.310 e. The van der Waals surface area contributed by atoms with Crippen LogP contribution < -0.4 is 0 Å². The van der Waals surface area contributed by atoms with E-state index in [1.54, 1.807) is 0 Å². The Morgan fingerprint density at radius 1 is 1.16 bits per heavy atom. The molecule has 0 saturated carbocycles. The summed E-state index contributed by atoms with van der Waals surface area (Å²) in [6.45, 7) is 4.38. The van der Waals surface area contributed by atoms with Crippen LogP contribution in [-0.2, 0) is 25.5 Å². The standard InChI is InChI=1S/C27H34O5/c1-17-12-20-9-8-18(2)23(11-10-22-15-21(28)16-26(30)31-22)27(20)24(13-17)32-25(29)14-19-6-4-3-5-7-19/h3-9,12,17-18,21-24,27-28H,10-11,13-16H2,1-2H3/t17-,18-,21+,22?,23-,24-,27?/m0/s1. The predicted molar refractivity (Wildman–Crippen MR) is 122 cm³/mol. The summed E-state index contributed by atoms with van der Waals surface area (Å²) in [5.41, 5.74) is 2.22. The summed E-state index contributed by atoms with van der Waals surface area (Å²) >= 11 is 0. The number of cyclic esters (lactones) is 1. The summed E-state index contributed by atoms with van der Waals surface area (Å²) in [7, 11) is 0. The number of fused-ring (bicyclic) bond motifs is 1. The molecule has 2 aliphatic carbocycles. The Morgan fingerprint density at radius 2 is 1.94 bits per heavy atom. The molecular weight excluding hydrogens is 404 g/mol. The molecule has 0 amide bonds. The van der Waals surface area contributed by atoms with E-state index in [9.17, 15) is 14.7 Å². The topological polar surface area (TPSA) is 72.8 Å². The largest absolute Gasteiger partial charge is 0.462 e. The Kier molecular flexibility index (Phi) is 7.14. The molecule has 172 valence electrons. The van der Waals surface area contributed by atoms with E-state index in [4.69, 9.17) is 9.47 Å². The van der Waals surface area contributed by atoms with Gasteiger partial charge in [-0.15, -0.1) is 0 Å². The van der Waals surface area contributed by atoms with Gasteiger partial charge in [-0.1, -0.05) is 62.4 Å². The third kappa shape index (κ3) is 5.50. The lowest BCUT2D eigenvalue weighted by Gasteiger charge is -2.43. The highest BCUT2D eigenvalue weighted by Crippen LogP contribution is 2.45. The van der Waals surface area contributed by atoms with Crippen LogP contribution in [-0.4, -0.2) is 35.4 Å². The van der Waals surface area contributed by atoms with Crippen LogP contribution in [0.1, 0.15) is 51.5 Å². The molecule has 32 heavy (non-hydrogen) atoms. The van der Waals surface area contributed by atoms with Crippen molar-refractivity contribution in [2.24, 2.45) is 23.7 Å². The lowest BCUT2D eigenvalue weighted by Crippen LogP contribution is -2.41. The Labute approximate surface area is 190 Å². The number of aliphatic hydroxyl groups is 1. The van der Waals surface area contributed by atoms with E-state index in [2.05, 4.69) is 32.1 Å². The summed E-state index contributed by atoms with van der Waals surface area (Å²) in [4.78, 5) is 24.5. The highest BCUT2D eigenvalue weighted by Gasteiger charge is 2.41. The van der Waals surface area contributed by atoms with E-state index < -0.39 is 6.10 Å². The van der Waals surface area contributed by atoms with Gasteiger partial charge in [0.15, 0.2) is 0 Å². The number of benzene rings is 1.